The molecule has 0 aromatic rings. The minimum Gasteiger partial charge on any atom is -0.229 e. The molecular weight excluding hydrogens is 241 g/mol. The molecule has 3 nitrogen and oxygen atoms in total. The summed E-state index contributed by atoms with van der Waals surface area (Å²) < 4.78 is 5.75. The average molecular weight is 249 g/mol. The van der Waals surface area contributed by atoms with Gasteiger partial charge in [0.15, 0.2) is 0 Å². The number of halogens is 1. The highest BCUT2D eigenvalue weighted by Crippen LogP contribution is 2.29. The van der Waals surface area contributed by atoms with Crippen molar-refractivity contribution in [1.82, 2.24) is 0 Å². The number of hydrogen-bond donors (Lipinski definition) is 0. The van der Waals surface area contributed by atoms with Crippen molar-refractivity contribution < 1.29 is 0 Å². The van der Waals surface area contributed by atoms with Crippen LogP contribution in [0, 0.1) is 0 Å². The third kappa shape index (κ3) is 1.16. The lowest BCUT2D eigenvalue weighted by Crippen LogP contribution is -1.98. The first-order valence-electron chi connectivity index (χ1n) is 3.36. The monoisotopic (exact) mass is 249 g/mol. The highest BCUT2D eigenvalue weighted by molar-refractivity contribution is 14.2. The van der Waals surface area contributed by atoms with E-state index in [-0.39, 0.29) is 21.0 Å². The van der Waals surface area contributed by atoms with Crippen LogP contribution < -0.4 is 0 Å². The largest absolute Gasteiger partial charge is 0.229 e. The van der Waals surface area contributed by atoms with Gasteiger partial charge in [0.2, 0.25) is 0 Å². The molecule has 0 fully saturated rings. The van der Waals surface area contributed by atoms with Crippen molar-refractivity contribution in [3.05, 3.63) is 11.4 Å². The summed E-state index contributed by atoms with van der Waals surface area (Å²) in [6, 6.07) is 0. The Kier molecular flexibility index (Phi) is 1.88. The van der Waals surface area contributed by atoms with Crippen LogP contribution in [-0.4, -0.2) is 11.0 Å². The number of allylic oxidation sites excluding steroid dienone is 1. The van der Waals surface area contributed by atoms with Crippen LogP contribution in [-0.2, 0) is 0 Å². The molecular formula is C6H8IN3. The van der Waals surface area contributed by atoms with E-state index in [4.69, 9.17) is 0 Å². The van der Waals surface area contributed by atoms with Gasteiger partial charge < -0.3 is 0 Å². The van der Waals surface area contributed by atoms with Crippen LogP contribution in [0.1, 0.15) is 12.8 Å². The van der Waals surface area contributed by atoms with E-state index in [1.165, 1.54) is 10.1 Å². The van der Waals surface area contributed by atoms with Gasteiger partial charge in [-0.3, -0.25) is 0 Å². The first-order valence-corrected chi connectivity index (χ1v) is 5.85. The molecule has 2 aliphatic rings. The van der Waals surface area contributed by atoms with Gasteiger partial charge in [-0.15, -0.1) is 0 Å². The van der Waals surface area contributed by atoms with E-state index in [9.17, 15) is 0 Å². The van der Waals surface area contributed by atoms with Gasteiger partial charge in [-0.1, -0.05) is 0 Å². The van der Waals surface area contributed by atoms with Crippen molar-refractivity contribution in [2.75, 3.05) is 11.0 Å². The van der Waals surface area contributed by atoms with Crippen molar-refractivity contribution in [3.63, 3.8) is 0 Å². The van der Waals surface area contributed by atoms with Crippen LogP contribution in [0.25, 0.3) is 0 Å². The molecule has 0 spiro atoms. The molecule has 0 aromatic heterocycles. The predicted octanol–water partition coefficient (Wildman–Crippen LogP) is 2.61. The molecule has 54 valence electrons. The molecule has 10 heavy (non-hydrogen) atoms. The zero-order valence-corrected chi connectivity index (χ0v) is 7.71. The Morgan fingerprint density at radius 2 is 2.20 bits per heavy atom. The Bertz CT molecular complexity index is 205. The molecule has 0 unspecified atom stereocenters. The molecule has 2 aliphatic heterocycles. The third-order valence-electron chi connectivity index (χ3n) is 1.55. The second-order valence-electron chi connectivity index (χ2n) is 2.25. The topological polar surface area (TPSA) is 37.1 Å². The summed E-state index contributed by atoms with van der Waals surface area (Å²) in [5.74, 6) is 0. The Morgan fingerprint density at radius 3 is 3.10 bits per heavy atom. The summed E-state index contributed by atoms with van der Waals surface area (Å²) in [5, 5.41) is 8.06. The fourth-order valence-electron chi connectivity index (χ4n) is 1.02. The molecule has 0 amide bonds. The van der Waals surface area contributed by atoms with Gasteiger partial charge >= 0.3 is 0 Å². The molecule has 4 heteroatoms. The van der Waals surface area contributed by atoms with Crippen LogP contribution in [0.5, 0.6) is 0 Å². The summed E-state index contributed by atoms with van der Waals surface area (Å²) in [4.78, 5) is 0. The standard InChI is InChI=1S/C6H8IN3/c1-3-7-9-5-2-4-8-10-6(1)5/h1-4H2. The Labute approximate surface area is 69.8 Å². The van der Waals surface area contributed by atoms with Gasteiger partial charge in [0.1, 0.15) is 0 Å². The van der Waals surface area contributed by atoms with Crippen molar-refractivity contribution in [2.24, 2.45) is 13.4 Å². The van der Waals surface area contributed by atoms with Gasteiger partial charge in [0.05, 0.1) is 17.9 Å². The summed E-state index contributed by atoms with van der Waals surface area (Å²) >= 11 is 0.134. The number of azo groups is 1. The zero-order chi connectivity index (χ0) is 6.81. The molecule has 0 aromatic carbocycles. The van der Waals surface area contributed by atoms with E-state index < -0.39 is 0 Å². The van der Waals surface area contributed by atoms with E-state index in [2.05, 4.69) is 13.4 Å². The molecule has 0 aliphatic carbocycles. The maximum absolute atomic E-state index is 4.49. The van der Waals surface area contributed by atoms with Gasteiger partial charge in [-0.05, 0) is 21.0 Å². The van der Waals surface area contributed by atoms with Crippen LogP contribution in [0.3, 0.4) is 0 Å². The first-order chi connectivity index (χ1) is 4.97. The molecule has 0 N–H and O–H groups in total. The molecule has 2 rings (SSSR count). The SMILES string of the molecule is C1CC2=C(CCI=N2)N=N1. The normalized spacial score (nSPS) is 24.0. The zero-order valence-electron chi connectivity index (χ0n) is 5.55. The van der Waals surface area contributed by atoms with Crippen LogP contribution in [0.4, 0.5) is 0 Å². The van der Waals surface area contributed by atoms with E-state index >= 15 is 0 Å². The van der Waals surface area contributed by atoms with E-state index in [1.54, 1.807) is 0 Å². The average Bonchev–Trinajstić information content (AvgIpc) is 2.05. The molecule has 0 atom stereocenters. The first kappa shape index (κ1) is 6.57. The predicted molar refractivity (Wildman–Crippen MR) is 47.3 cm³/mol. The molecule has 0 saturated heterocycles. The Morgan fingerprint density at radius 1 is 1.20 bits per heavy atom. The minimum atomic E-state index is 0.134. The van der Waals surface area contributed by atoms with Crippen molar-refractivity contribution in [2.45, 2.75) is 12.8 Å². The maximum Gasteiger partial charge on any atom is 0.0853 e. The lowest BCUT2D eigenvalue weighted by atomic mass is 10.2. The van der Waals surface area contributed by atoms with Crippen LogP contribution in [0.15, 0.2) is 24.8 Å². The number of rotatable bonds is 0. The molecule has 0 radical (unpaired) electrons. The summed E-state index contributed by atoms with van der Waals surface area (Å²) in [6.07, 6.45) is 2.17. The maximum atomic E-state index is 4.49. The van der Waals surface area contributed by atoms with Gasteiger partial charge in [0, 0.05) is 17.3 Å². The fraction of sp³-hybridized carbons (Fsp3) is 0.667. The van der Waals surface area contributed by atoms with Gasteiger partial charge in [-0.25, -0.2) is 3.15 Å². The summed E-state index contributed by atoms with van der Waals surface area (Å²) in [7, 11) is 0. The van der Waals surface area contributed by atoms with E-state index in [0.717, 1.165) is 25.1 Å². The van der Waals surface area contributed by atoms with Crippen molar-refractivity contribution in [3.8, 4) is 0 Å². The minimum absolute atomic E-state index is 0.134. The van der Waals surface area contributed by atoms with E-state index in [0.29, 0.717) is 0 Å². The van der Waals surface area contributed by atoms with Crippen molar-refractivity contribution >= 4 is 21.0 Å². The summed E-state index contributed by atoms with van der Waals surface area (Å²) in [6.45, 7) is 0.853. The smallest absolute Gasteiger partial charge is 0.0853 e. The van der Waals surface area contributed by atoms with Gasteiger partial charge in [-0.2, -0.15) is 10.2 Å². The molecule has 0 bridgehead atoms. The lowest BCUT2D eigenvalue weighted by molar-refractivity contribution is 0.780. The van der Waals surface area contributed by atoms with Crippen molar-refractivity contribution in [1.29, 1.82) is 0 Å². The lowest BCUT2D eigenvalue weighted by Gasteiger charge is -2.11. The van der Waals surface area contributed by atoms with Crippen LogP contribution in [0.2, 0.25) is 0 Å². The van der Waals surface area contributed by atoms with Gasteiger partial charge in [0.25, 0.3) is 0 Å². The Hall–Kier alpha value is -0.130. The molecule has 0 saturated carbocycles. The number of nitrogens with zero attached hydrogens (tertiary/aromatic N) is 3. The number of hydrogen-bond acceptors (Lipinski definition) is 3. The third-order valence-corrected chi connectivity index (χ3v) is 3.50. The highest BCUT2D eigenvalue weighted by atomic mass is 127. The highest BCUT2D eigenvalue weighted by Gasteiger charge is 2.12. The summed E-state index contributed by atoms with van der Waals surface area (Å²) in [5.41, 5.74) is 2.42. The number of alkyl halides is 1. The fourth-order valence-corrected chi connectivity index (χ4v) is 2.95. The van der Waals surface area contributed by atoms with E-state index in [1.807, 2.05) is 0 Å². The second kappa shape index (κ2) is 2.86. The van der Waals surface area contributed by atoms with Crippen LogP contribution >= 0.6 is 21.0 Å². The Balaban J connectivity index is 2.32. The quantitative estimate of drug-likeness (QED) is 0.467. The second-order valence-corrected chi connectivity index (χ2v) is 4.49. The molecule has 2 heterocycles.